The topological polar surface area (TPSA) is 46.2 Å². The van der Waals surface area contributed by atoms with Gasteiger partial charge >= 0.3 is 12.1 Å². The molecule has 0 saturated carbocycles. The van der Waals surface area contributed by atoms with Gasteiger partial charge in [0.2, 0.25) is 0 Å². The summed E-state index contributed by atoms with van der Waals surface area (Å²) in [6, 6.07) is 7.35. The van der Waals surface area contributed by atoms with Crippen molar-refractivity contribution in [3.05, 3.63) is 35.9 Å². The van der Waals surface area contributed by atoms with Gasteiger partial charge in [-0.2, -0.15) is 13.2 Å². The number of rotatable bonds is 4. The number of hydrogen-bond acceptors (Lipinski definition) is 2. The van der Waals surface area contributed by atoms with Gasteiger partial charge in [0.25, 0.3) is 0 Å². The number of ketones is 1. The second kappa shape index (κ2) is 5.66. The van der Waals surface area contributed by atoms with Gasteiger partial charge < -0.3 is 5.32 Å². The third kappa shape index (κ3) is 4.20. The van der Waals surface area contributed by atoms with E-state index < -0.39 is 23.9 Å². The molecule has 1 aromatic rings. The monoisotopic (exact) mass is 259 g/mol. The highest BCUT2D eigenvalue weighted by Gasteiger charge is 2.40. The van der Waals surface area contributed by atoms with Crippen LogP contribution in [0.2, 0.25) is 0 Å². The van der Waals surface area contributed by atoms with Crippen molar-refractivity contribution in [2.45, 2.75) is 25.6 Å². The molecule has 0 aliphatic heterocycles. The fourth-order valence-corrected chi connectivity index (χ4v) is 1.39. The molecule has 1 atom stereocenters. The Kier molecular flexibility index (Phi) is 4.47. The molecular weight excluding hydrogens is 247 g/mol. The van der Waals surface area contributed by atoms with Crippen molar-refractivity contribution in [3.63, 3.8) is 0 Å². The first kappa shape index (κ1) is 14.2. The second-order valence-corrected chi connectivity index (χ2v) is 3.82. The molecule has 0 saturated heterocycles. The zero-order valence-corrected chi connectivity index (χ0v) is 9.62. The van der Waals surface area contributed by atoms with Crippen LogP contribution in [0.1, 0.15) is 12.5 Å². The molecule has 1 rings (SSSR count). The average molecular weight is 259 g/mol. The molecule has 6 heteroatoms. The van der Waals surface area contributed by atoms with E-state index in [1.807, 2.05) is 0 Å². The largest absolute Gasteiger partial charge is 0.471 e. The number of amides is 1. The van der Waals surface area contributed by atoms with E-state index in [4.69, 9.17) is 0 Å². The first-order chi connectivity index (χ1) is 8.30. The van der Waals surface area contributed by atoms with E-state index in [2.05, 4.69) is 0 Å². The van der Waals surface area contributed by atoms with Crippen LogP contribution < -0.4 is 5.32 Å². The SMILES string of the molecule is CC(=O)[C@H](Cc1ccccc1)NC(=O)C(F)(F)F. The van der Waals surface area contributed by atoms with Crippen LogP contribution in [0.15, 0.2) is 30.3 Å². The van der Waals surface area contributed by atoms with Crippen molar-refractivity contribution in [3.8, 4) is 0 Å². The predicted molar refractivity (Wildman–Crippen MR) is 58.8 cm³/mol. The first-order valence-corrected chi connectivity index (χ1v) is 5.23. The zero-order chi connectivity index (χ0) is 13.8. The van der Waals surface area contributed by atoms with E-state index in [1.165, 1.54) is 0 Å². The lowest BCUT2D eigenvalue weighted by Gasteiger charge is -2.17. The molecule has 0 unspecified atom stereocenters. The second-order valence-electron chi connectivity index (χ2n) is 3.82. The number of carbonyl (C=O) groups excluding carboxylic acids is 2. The predicted octanol–water partition coefficient (Wildman–Crippen LogP) is 1.87. The van der Waals surface area contributed by atoms with Gasteiger partial charge in [-0.3, -0.25) is 9.59 Å². The van der Waals surface area contributed by atoms with Crippen LogP contribution >= 0.6 is 0 Å². The maximum Gasteiger partial charge on any atom is 0.471 e. The van der Waals surface area contributed by atoms with Crippen molar-refractivity contribution in [2.24, 2.45) is 0 Å². The summed E-state index contributed by atoms with van der Waals surface area (Å²) in [7, 11) is 0. The van der Waals surface area contributed by atoms with Crippen molar-refractivity contribution in [1.29, 1.82) is 0 Å². The number of carbonyl (C=O) groups is 2. The lowest BCUT2D eigenvalue weighted by Crippen LogP contribution is -2.47. The summed E-state index contributed by atoms with van der Waals surface area (Å²) in [5.74, 6) is -2.62. The van der Waals surface area contributed by atoms with Gasteiger partial charge in [-0.25, -0.2) is 0 Å². The van der Waals surface area contributed by atoms with Crippen molar-refractivity contribution < 1.29 is 22.8 Å². The molecule has 0 bridgehead atoms. The molecule has 98 valence electrons. The highest BCUT2D eigenvalue weighted by molar-refractivity contribution is 5.89. The Morgan fingerprint density at radius 2 is 1.78 bits per heavy atom. The normalized spacial score (nSPS) is 12.9. The van der Waals surface area contributed by atoms with Crippen LogP contribution in [-0.4, -0.2) is 23.9 Å². The van der Waals surface area contributed by atoms with Crippen LogP contribution in [0.25, 0.3) is 0 Å². The van der Waals surface area contributed by atoms with E-state index in [9.17, 15) is 22.8 Å². The van der Waals surface area contributed by atoms with E-state index in [0.29, 0.717) is 5.56 Å². The zero-order valence-electron chi connectivity index (χ0n) is 9.62. The van der Waals surface area contributed by atoms with Gasteiger partial charge in [0.15, 0.2) is 5.78 Å². The van der Waals surface area contributed by atoms with Gasteiger partial charge in [0, 0.05) is 0 Å². The summed E-state index contributed by atoms with van der Waals surface area (Å²) in [6.07, 6.45) is -4.94. The van der Waals surface area contributed by atoms with Crippen molar-refractivity contribution >= 4 is 11.7 Å². The van der Waals surface area contributed by atoms with E-state index >= 15 is 0 Å². The summed E-state index contributed by atoms with van der Waals surface area (Å²) >= 11 is 0. The Morgan fingerprint density at radius 1 is 1.22 bits per heavy atom. The first-order valence-electron chi connectivity index (χ1n) is 5.23. The number of nitrogens with one attached hydrogen (secondary N) is 1. The lowest BCUT2D eigenvalue weighted by molar-refractivity contribution is -0.174. The van der Waals surface area contributed by atoms with Crippen LogP contribution in [0.5, 0.6) is 0 Å². The maximum atomic E-state index is 12.1. The fraction of sp³-hybridized carbons (Fsp3) is 0.333. The van der Waals surface area contributed by atoms with E-state index in [1.54, 1.807) is 35.6 Å². The van der Waals surface area contributed by atoms with Gasteiger partial charge in [0.1, 0.15) is 0 Å². The average Bonchev–Trinajstić information content (AvgIpc) is 2.28. The molecule has 0 aliphatic rings. The molecule has 1 N–H and O–H groups in total. The minimum atomic E-state index is -4.98. The minimum absolute atomic E-state index is 0.0397. The lowest BCUT2D eigenvalue weighted by atomic mass is 10.0. The molecule has 0 aromatic heterocycles. The Morgan fingerprint density at radius 3 is 2.22 bits per heavy atom. The Bertz CT molecular complexity index is 429. The van der Waals surface area contributed by atoms with Gasteiger partial charge in [0.05, 0.1) is 6.04 Å². The maximum absolute atomic E-state index is 12.1. The van der Waals surface area contributed by atoms with Gasteiger partial charge in [-0.1, -0.05) is 30.3 Å². The number of Topliss-reactive ketones (excluding diaryl/α,β-unsaturated/α-hetero) is 1. The highest BCUT2D eigenvalue weighted by Crippen LogP contribution is 2.15. The third-order valence-corrected chi connectivity index (χ3v) is 2.34. The Labute approximate surface area is 102 Å². The minimum Gasteiger partial charge on any atom is -0.338 e. The number of benzene rings is 1. The number of halogens is 3. The van der Waals surface area contributed by atoms with Crippen LogP contribution in [0.4, 0.5) is 13.2 Å². The molecule has 0 radical (unpaired) electrons. The van der Waals surface area contributed by atoms with Crippen LogP contribution in [0.3, 0.4) is 0 Å². The summed E-state index contributed by atoms with van der Waals surface area (Å²) in [4.78, 5) is 22.0. The van der Waals surface area contributed by atoms with Gasteiger partial charge in [-0.15, -0.1) is 0 Å². The van der Waals surface area contributed by atoms with Crippen molar-refractivity contribution in [1.82, 2.24) is 5.32 Å². The molecular formula is C12H12F3NO2. The number of alkyl halides is 3. The molecule has 3 nitrogen and oxygen atoms in total. The fourth-order valence-electron chi connectivity index (χ4n) is 1.39. The van der Waals surface area contributed by atoms with E-state index in [-0.39, 0.29) is 6.42 Å². The third-order valence-electron chi connectivity index (χ3n) is 2.34. The van der Waals surface area contributed by atoms with E-state index in [0.717, 1.165) is 6.92 Å². The molecule has 0 fully saturated rings. The molecule has 1 aromatic carbocycles. The molecule has 18 heavy (non-hydrogen) atoms. The van der Waals surface area contributed by atoms with Crippen molar-refractivity contribution in [2.75, 3.05) is 0 Å². The summed E-state index contributed by atoms with van der Waals surface area (Å²) < 4.78 is 36.3. The molecule has 1 amide bonds. The Balaban J connectivity index is 2.73. The standard InChI is InChI=1S/C12H12F3NO2/c1-8(17)10(16-11(18)12(13,14)15)7-9-5-3-2-4-6-9/h2-6,10H,7H2,1H3,(H,16,18)/t10-/m0/s1. The number of hydrogen-bond donors (Lipinski definition) is 1. The summed E-state index contributed by atoms with van der Waals surface area (Å²) in [5.41, 5.74) is 0.681. The summed E-state index contributed by atoms with van der Waals surface area (Å²) in [5, 5.41) is 1.69. The molecule has 0 heterocycles. The Hall–Kier alpha value is -1.85. The highest BCUT2D eigenvalue weighted by atomic mass is 19.4. The van der Waals surface area contributed by atoms with Crippen LogP contribution in [0, 0.1) is 0 Å². The smallest absolute Gasteiger partial charge is 0.338 e. The quantitative estimate of drug-likeness (QED) is 0.897. The summed E-state index contributed by atoms with van der Waals surface area (Å²) in [6.45, 7) is 1.14. The van der Waals surface area contributed by atoms with Crippen LogP contribution in [-0.2, 0) is 16.0 Å². The van der Waals surface area contributed by atoms with Gasteiger partial charge in [-0.05, 0) is 18.9 Å². The molecule has 0 spiro atoms. The molecule has 0 aliphatic carbocycles.